The Morgan fingerprint density at radius 3 is 1.52 bits per heavy atom. The maximum absolute atomic E-state index is 10.8. The van der Waals surface area contributed by atoms with Crippen molar-refractivity contribution in [3.63, 3.8) is 0 Å². The first-order valence-electron chi connectivity index (χ1n) is 6.41. The predicted octanol–water partition coefficient (Wildman–Crippen LogP) is 3.08. The average molecular weight is 298 g/mol. The fourth-order valence-corrected chi connectivity index (χ4v) is 0.692. The summed E-state index contributed by atoms with van der Waals surface area (Å²) in [6.45, 7) is 7.42. The van der Waals surface area contributed by atoms with Crippen LogP contribution in [-0.4, -0.2) is 38.9 Å². The summed E-state index contributed by atoms with van der Waals surface area (Å²) in [4.78, 5) is 20.4. The molecule has 0 aliphatic rings. The summed E-state index contributed by atoms with van der Waals surface area (Å²) in [5, 5.41) is 0. The number of esters is 2. The second-order valence-electron chi connectivity index (χ2n) is 4.87. The maximum atomic E-state index is 10.8. The normalized spacial score (nSPS) is 9.29. The molecule has 0 aliphatic heterocycles. The van der Waals surface area contributed by atoms with Gasteiger partial charge < -0.3 is 14.2 Å². The van der Waals surface area contributed by atoms with Gasteiger partial charge in [0.1, 0.15) is 0 Å². The van der Waals surface area contributed by atoms with E-state index in [0.29, 0.717) is 5.56 Å². The number of hydrogen-bond donors (Lipinski definition) is 0. The quantitative estimate of drug-likeness (QED) is 0.746. The highest BCUT2D eigenvalue weighted by Crippen LogP contribution is 2.02. The van der Waals surface area contributed by atoms with E-state index in [-0.39, 0.29) is 17.5 Å². The van der Waals surface area contributed by atoms with E-state index in [1.165, 1.54) is 21.1 Å². The van der Waals surface area contributed by atoms with Gasteiger partial charge in [-0.15, -0.1) is 0 Å². The van der Waals surface area contributed by atoms with E-state index in [1.807, 2.05) is 26.8 Å². The lowest BCUT2D eigenvalue weighted by Gasteiger charge is -2.14. The van der Waals surface area contributed by atoms with Gasteiger partial charge in [-0.05, 0) is 32.9 Å². The van der Waals surface area contributed by atoms with Crippen molar-refractivity contribution in [2.24, 2.45) is 0 Å². The van der Waals surface area contributed by atoms with Crippen LogP contribution in [0.25, 0.3) is 0 Å². The number of methoxy groups -OCH3 is 3. The number of carbonyl (C=O) groups is 2. The third kappa shape index (κ3) is 16.1. The molecule has 0 unspecified atom stereocenters. The maximum Gasteiger partial charge on any atom is 0.337 e. The van der Waals surface area contributed by atoms with E-state index in [0.717, 1.165) is 0 Å². The van der Waals surface area contributed by atoms with Crippen LogP contribution in [0.2, 0.25) is 0 Å². The Hall–Kier alpha value is -1.88. The first-order valence-corrected chi connectivity index (χ1v) is 6.41. The number of hydrogen-bond acceptors (Lipinski definition) is 5. The van der Waals surface area contributed by atoms with E-state index < -0.39 is 0 Å². The second-order valence-corrected chi connectivity index (χ2v) is 4.87. The van der Waals surface area contributed by atoms with Gasteiger partial charge in [0.15, 0.2) is 0 Å². The van der Waals surface area contributed by atoms with Gasteiger partial charge >= 0.3 is 11.9 Å². The van der Waals surface area contributed by atoms with Gasteiger partial charge in [-0.1, -0.05) is 18.2 Å². The van der Waals surface area contributed by atoms with Crippen molar-refractivity contribution in [2.75, 3.05) is 21.3 Å². The number of carbonyl (C=O) groups excluding carboxylic acids is 2. The molecule has 0 bridgehead atoms. The predicted molar refractivity (Wildman–Crippen MR) is 82.2 cm³/mol. The number of benzene rings is 1. The fourth-order valence-electron chi connectivity index (χ4n) is 0.692. The first-order chi connectivity index (χ1) is 9.67. The third-order valence-electron chi connectivity index (χ3n) is 2.09. The third-order valence-corrected chi connectivity index (χ3v) is 2.09. The highest BCUT2D eigenvalue weighted by molar-refractivity contribution is 5.89. The lowest BCUT2D eigenvalue weighted by molar-refractivity contribution is -0.137. The van der Waals surface area contributed by atoms with Gasteiger partial charge in [0, 0.05) is 14.0 Å². The molecule has 0 fully saturated rings. The van der Waals surface area contributed by atoms with Crippen molar-refractivity contribution >= 4 is 11.9 Å². The standard InChI is InChI=1S/C8H8O2.C5H12O.C3H6O2/c1-10-8(9)7-5-3-2-4-6-7;1-5(2,3)6-4;1-3(4)5-2/h2-6H,1H3;1-4H3;1-2H3. The Labute approximate surface area is 127 Å². The second kappa shape index (κ2) is 11.9. The van der Waals surface area contributed by atoms with Crippen LogP contribution < -0.4 is 0 Å². The van der Waals surface area contributed by atoms with Crippen LogP contribution in [0, 0.1) is 0 Å². The lowest BCUT2D eigenvalue weighted by Crippen LogP contribution is -2.15. The molecular weight excluding hydrogens is 272 g/mol. The molecule has 0 saturated carbocycles. The molecule has 120 valence electrons. The van der Waals surface area contributed by atoms with Crippen molar-refractivity contribution in [1.29, 1.82) is 0 Å². The smallest absolute Gasteiger partial charge is 0.337 e. The average Bonchev–Trinajstić information content (AvgIpc) is 2.47. The Bertz CT molecular complexity index is 393. The highest BCUT2D eigenvalue weighted by Gasteiger charge is 2.04. The van der Waals surface area contributed by atoms with Crippen LogP contribution in [0.15, 0.2) is 30.3 Å². The topological polar surface area (TPSA) is 61.8 Å². The van der Waals surface area contributed by atoms with E-state index >= 15 is 0 Å². The van der Waals surface area contributed by atoms with Crippen molar-refractivity contribution in [1.82, 2.24) is 0 Å². The van der Waals surface area contributed by atoms with Crippen LogP contribution in [0.5, 0.6) is 0 Å². The molecule has 5 heteroatoms. The van der Waals surface area contributed by atoms with Gasteiger partial charge in [0.2, 0.25) is 0 Å². The Morgan fingerprint density at radius 2 is 1.29 bits per heavy atom. The van der Waals surface area contributed by atoms with Gasteiger partial charge in [0.25, 0.3) is 0 Å². The summed E-state index contributed by atoms with van der Waals surface area (Å²) in [6, 6.07) is 8.88. The molecule has 1 aromatic rings. The van der Waals surface area contributed by atoms with Crippen molar-refractivity contribution < 1.29 is 23.8 Å². The van der Waals surface area contributed by atoms with Gasteiger partial charge in [-0.2, -0.15) is 0 Å². The zero-order valence-electron chi connectivity index (χ0n) is 13.9. The monoisotopic (exact) mass is 298 g/mol. The van der Waals surface area contributed by atoms with E-state index in [2.05, 4.69) is 9.47 Å². The summed E-state index contributed by atoms with van der Waals surface area (Å²) in [7, 11) is 4.43. The molecule has 0 amide bonds. The summed E-state index contributed by atoms with van der Waals surface area (Å²) in [5.41, 5.74) is 0.630. The van der Waals surface area contributed by atoms with Crippen molar-refractivity contribution in [2.45, 2.75) is 33.3 Å². The van der Waals surface area contributed by atoms with Gasteiger partial charge in [0.05, 0.1) is 25.4 Å². The van der Waals surface area contributed by atoms with E-state index in [4.69, 9.17) is 4.74 Å². The Morgan fingerprint density at radius 1 is 0.905 bits per heavy atom. The molecule has 1 aromatic carbocycles. The van der Waals surface area contributed by atoms with Gasteiger partial charge in [-0.3, -0.25) is 4.79 Å². The molecule has 0 saturated heterocycles. The zero-order chi connectivity index (χ0) is 16.9. The number of ether oxygens (including phenoxy) is 3. The minimum absolute atomic E-state index is 0.0417. The molecule has 0 spiro atoms. The van der Waals surface area contributed by atoms with Gasteiger partial charge in [-0.25, -0.2) is 4.79 Å². The molecule has 21 heavy (non-hydrogen) atoms. The molecule has 0 aliphatic carbocycles. The fraction of sp³-hybridized carbons (Fsp3) is 0.500. The molecule has 0 N–H and O–H groups in total. The number of rotatable bonds is 1. The molecule has 1 rings (SSSR count). The Balaban J connectivity index is 0. The SMILES string of the molecule is COC(=O)c1ccccc1.COC(C)(C)C.COC(C)=O. The van der Waals surface area contributed by atoms with Crippen LogP contribution in [-0.2, 0) is 19.0 Å². The van der Waals surface area contributed by atoms with E-state index in [1.54, 1.807) is 31.4 Å². The summed E-state index contributed by atoms with van der Waals surface area (Å²) in [5.74, 6) is -0.536. The molecule has 0 radical (unpaired) electrons. The van der Waals surface area contributed by atoms with Crippen LogP contribution >= 0.6 is 0 Å². The minimum atomic E-state index is -0.291. The summed E-state index contributed by atoms with van der Waals surface area (Å²) < 4.78 is 13.5. The van der Waals surface area contributed by atoms with E-state index in [9.17, 15) is 9.59 Å². The largest absolute Gasteiger partial charge is 0.469 e. The first kappa shape index (κ1) is 21.4. The van der Waals surface area contributed by atoms with Crippen LogP contribution in [0.4, 0.5) is 0 Å². The van der Waals surface area contributed by atoms with Crippen LogP contribution in [0.1, 0.15) is 38.1 Å². The molecular formula is C16H26O5. The molecule has 0 heterocycles. The zero-order valence-corrected chi connectivity index (χ0v) is 13.9. The Kier molecular flexibility index (Phi) is 12.1. The van der Waals surface area contributed by atoms with Crippen molar-refractivity contribution in [3.05, 3.63) is 35.9 Å². The highest BCUT2D eigenvalue weighted by atomic mass is 16.5. The minimum Gasteiger partial charge on any atom is -0.469 e. The van der Waals surface area contributed by atoms with Crippen LogP contribution in [0.3, 0.4) is 0 Å². The molecule has 5 nitrogen and oxygen atoms in total. The molecule has 0 aromatic heterocycles. The lowest BCUT2D eigenvalue weighted by atomic mass is 10.2. The molecule has 0 atom stereocenters. The summed E-state index contributed by atoms with van der Waals surface area (Å²) in [6.07, 6.45) is 0. The summed E-state index contributed by atoms with van der Waals surface area (Å²) >= 11 is 0. The van der Waals surface area contributed by atoms with Crippen molar-refractivity contribution in [3.8, 4) is 0 Å².